The smallest absolute Gasteiger partial charge is 0.259 e. The number of hydrogen-bond donors (Lipinski definition) is 1. The standard InChI is InChI=1S/C12H14ClN5O4S2/c1-4-18-12(15-16-17-18)14-11(19)7-5-6-8(24(3,20)21)10(9(7)13)23-22-2/h5-6H,4H2,1-3H3,(H,14,15,17,19). The summed E-state index contributed by atoms with van der Waals surface area (Å²) in [4.78, 5) is 12.5. The zero-order valence-electron chi connectivity index (χ0n) is 13.0. The van der Waals surface area contributed by atoms with Gasteiger partial charge in [-0.2, -0.15) is 0 Å². The van der Waals surface area contributed by atoms with Gasteiger partial charge in [0.25, 0.3) is 5.91 Å². The van der Waals surface area contributed by atoms with Crippen molar-refractivity contribution in [1.82, 2.24) is 20.2 Å². The number of amides is 1. The Morgan fingerprint density at radius 1 is 1.46 bits per heavy atom. The number of aromatic nitrogens is 4. The number of nitrogens with one attached hydrogen (secondary N) is 1. The van der Waals surface area contributed by atoms with E-state index >= 15 is 0 Å². The molecule has 0 saturated carbocycles. The first-order valence-corrected chi connectivity index (χ1v) is 9.61. The number of rotatable bonds is 6. The third-order valence-electron chi connectivity index (χ3n) is 2.93. The van der Waals surface area contributed by atoms with Gasteiger partial charge in [0.15, 0.2) is 9.84 Å². The van der Waals surface area contributed by atoms with Crippen LogP contribution in [0.5, 0.6) is 0 Å². The van der Waals surface area contributed by atoms with Gasteiger partial charge in [0.05, 0.1) is 27.5 Å². The summed E-state index contributed by atoms with van der Waals surface area (Å²) in [6.45, 7) is 2.28. The van der Waals surface area contributed by atoms with Crippen LogP contribution in [0, 0.1) is 0 Å². The quantitative estimate of drug-likeness (QED) is 0.739. The van der Waals surface area contributed by atoms with Gasteiger partial charge in [0, 0.05) is 24.8 Å². The second kappa shape index (κ2) is 7.47. The fourth-order valence-corrected chi connectivity index (χ4v) is 4.05. The Bertz CT molecular complexity index is 868. The minimum atomic E-state index is -3.53. The molecule has 2 rings (SSSR count). The highest BCUT2D eigenvalue weighted by molar-refractivity contribution is 7.96. The largest absolute Gasteiger partial charge is 0.313 e. The average Bonchev–Trinajstić information content (AvgIpc) is 2.95. The van der Waals surface area contributed by atoms with Gasteiger partial charge in [-0.05, 0) is 29.5 Å². The summed E-state index contributed by atoms with van der Waals surface area (Å²) in [5.74, 6) is -0.408. The van der Waals surface area contributed by atoms with Crippen LogP contribution < -0.4 is 5.32 Å². The molecular weight excluding hydrogens is 378 g/mol. The lowest BCUT2D eigenvalue weighted by molar-refractivity contribution is 0.102. The van der Waals surface area contributed by atoms with E-state index in [2.05, 4.69) is 20.8 Å². The van der Waals surface area contributed by atoms with Crippen LogP contribution in [0.4, 0.5) is 5.95 Å². The van der Waals surface area contributed by atoms with Crippen molar-refractivity contribution in [2.24, 2.45) is 0 Å². The zero-order valence-corrected chi connectivity index (χ0v) is 15.4. The molecule has 1 heterocycles. The van der Waals surface area contributed by atoms with Crippen LogP contribution in [-0.4, -0.2) is 47.9 Å². The second-order valence-corrected chi connectivity index (χ2v) is 7.82. The van der Waals surface area contributed by atoms with Gasteiger partial charge in [-0.3, -0.25) is 10.1 Å². The molecule has 0 saturated heterocycles. The molecule has 24 heavy (non-hydrogen) atoms. The molecule has 9 nitrogen and oxygen atoms in total. The molecule has 0 aliphatic rings. The minimum absolute atomic E-state index is 0.0192. The van der Waals surface area contributed by atoms with Crippen LogP contribution in [0.15, 0.2) is 21.9 Å². The van der Waals surface area contributed by atoms with Crippen LogP contribution in [0.1, 0.15) is 17.3 Å². The fourth-order valence-electron chi connectivity index (χ4n) is 1.84. The Morgan fingerprint density at radius 2 is 2.17 bits per heavy atom. The number of aryl methyl sites for hydroxylation is 1. The third-order valence-corrected chi connectivity index (χ3v) is 5.46. The topological polar surface area (TPSA) is 116 Å². The number of benzene rings is 1. The molecule has 0 atom stereocenters. The predicted octanol–water partition coefficient (Wildman–Crippen LogP) is 1.66. The Labute approximate surface area is 147 Å². The van der Waals surface area contributed by atoms with Crippen molar-refractivity contribution in [3.63, 3.8) is 0 Å². The molecule has 1 amide bonds. The number of halogens is 1. The van der Waals surface area contributed by atoms with E-state index in [1.165, 1.54) is 23.9 Å². The van der Waals surface area contributed by atoms with E-state index in [4.69, 9.17) is 15.8 Å². The zero-order chi connectivity index (χ0) is 17.9. The third kappa shape index (κ3) is 3.86. The van der Waals surface area contributed by atoms with E-state index in [0.29, 0.717) is 6.54 Å². The van der Waals surface area contributed by atoms with Crippen molar-refractivity contribution < 1.29 is 17.4 Å². The molecular formula is C12H14ClN5O4S2. The summed E-state index contributed by atoms with van der Waals surface area (Å²) in [6, 6.07) is 2.63. The summed E-state index contributed by atoms with van der Waals surface area (Å²) in [7, 11) is -2.16. The van der Waals surface area contributed by atoms with Gasteiger partial charge < -0.3 is 4.18 Å². The average molecular weight is 392 g/mol. The van der Waals surface area contributed by atoms with Crippen molar-refractivity contribution in [3.8, 4) is 0 Å². The number of tetrazole rings is 1. The van der Waals surface area contributed by atoms with E-state index in [9.17, 15) is 13.2 Å². The number of sulfone groups is 1. The van der Waals surface area contributed by atoms with Gasteiger partial charge >= 0.3 is 0 Å². The molecule has 0 unspecified atom stereocenters. The molecule has 1 aromatic heterocycles. The molecule has 130 valence electrons. The number of anilines is 1. The molecule has 1 aromatic carbocycles. The summed E-state index contributed by atoms with van der Waals surface area (Å²) < 4.78 is 30.0. The van der Waals surface area contributed by atoms with E-state index in [0.717, 1.165) is 18.3 Å². The van der Waals surface area contributed by atoms with Crippen molar-refractivity contribution in [3.05, 3.63) is 22.7 Å². The molecule has 0 aliphatic carbocycles. The molecule has 0 bridgehead atoms. The number of hydrogen-bond acceptors (Lipinski definition) is 8. The normalized spacial score (nSPS) is 11.5. The van der Waals surface area contributed by atoms with Crippen LogP contribution in [0.2, 0.25) is 5.02 Å². The highest BCUT2D eigenvalue weighted by Crippen LogP contribution is 2.36. The summed E-state index contributed by atoms with van der Waals surface area (Å²) >= 11 is 6.99. The first kappa shape index (κ1) is 18.6. The van der Waals surface area contributed by atoms with Gasteiger partial charge in [-0.1, -0.05) is 16.7 Å². The Morgan fingerprint density at radius 3 is 2.75 bits per heavy atom. The van der Waals surface area contributed by atoms with Crippen molar-refractivity contribution in [1.29, 1.82) is 0 Å². The molecule has 0 aliphatic heterocycles. The van der Waals surface area contributed by atoms with Crippen molar-refractivity contribution in [2.75, 3.05) is 18.7 Å². The van der Waals surface area contributed by atoms with Crippen LogP contribution >= 0.6 is 23.6 Å². The van der Waals surface area contributed by atoms with E-state index in [-0.39, 0.29) is 26.3 Å². The van der Waals surface area contributed by atoms with Crippen LogP contribution in [0.3, 0.4) is 0 Å². The SMILES string of the molecule is CCn1nnnc1NC(=O)c1ccc(S(C)(=O)=O)c(SOC)c1Cl. The highest BCUT2D eigenvalue weighted by atomic mass is 35.5. The van der Waals surface area contributed by atoms with Gasteiger partial charge in [0.2, 0.25) is 5.95 Å². The van der Waals surface area contributed by atoms with Crippen LogP contribution in [-0.2, 0) is 20.6 Å². The maximum absolute atomic E-state index is 12.4. The van der Waals surface area contributed by atoms with E-state index < -0.39 is 15.7 Å². The van der Waals surface area contributed by atoms with E-state index in [1.54, 1.807) is 0 Å². The molecule has 0 radical (unpaired) electrons. The maximum atomic E-state index is 12.4. The molecule has 0 spiro atoms. The first-order chi connectivity index (χ1) is 11.3. The Hall–Kier alpha value is -1.69. The lowest BCUT2D eigenvalue weighted by Crippen LogP contribution is -2.17. The lowest BCUT2D eigenvalue weighted by atomic mass is 10.2. The minimum Gasteiger partial charge on any atom is -0.313 e. The highest BCUT2D eigenvalue weighted by Gasteiger charge is 2.23. The van der Waals surface area contributed by atoms with Gasteiger partial charge in [-0.15, -0.1) is 0 Å². The van der Waals surface area contributed by atoms with Gasteiger partial charge in [-0.25, -0.2) is 13.1 Å². The monoisotopic (exact) mass is 391 g/mol. The fraction of sp³-hybridized carbons (Fsp3) is 0.333. The summed E-state index contributed by atoms with van der Waals surface area (Å²) in [5.41, 5.74) is 0.0780. The van der Waals surface area contributed by atoms with Gasteiger partial charge in [0.1, 0.15) is 0 Å². The van der Waals surface area contributed by atoms with E-state index in [1.807, 2.05) is 6.92 Å². The Kier molecular flexibility index (Phi) is 5.80. The Balaban J connectivity index is 2.44. The first-order valence-electron chi connectivity index (χ1n) is 6.60. The van der Waals surface area contributed by atoms with Crippen molar-refractivity contribution in [2.45, 2.75) is 23.3 Å². The number of carbonyl (C=O) groups excluding carboxylic acids is 1. The summed E-state index contributed by atoms with van der Waals surface area (Å²) in [6.07, 6.45) is 1.05. The maximum Gasteiger partial charge on any atom is 0.259 e. The molecule has 1 N–H and O–H groups in total. The van der Waals surface area contributed by atoms with Crippen LogP contribution in [0.25, 0.3) is 0 Å². The lowest BCUT2D eigenvalue weighted by Gasteiger charge is -2.12. The molecule has 0 fully saturated rings. The summed E-state index contributed by atoms with van der Waals surface area (Å²) in [5, 5.41) is 13.4. The second-order valence-electron chi connectivity index (χ2n) is 4.55. The number of nitrogens with zero attached hydrogens (tertiary/aromatic N) is 4. The molecule has 2 aromatic rings. The predicted molar refractivity (Wildman–Crippen MR) is 88.9 cm³/mol. The number of carbonyl (C=O) groups is 1. The van der Waals surface area contributed by atoms with Crippen molar-refractivity contribution >= 4 is 45.3 Å². The molecule has 12 heteroatoms.